The van der Waals surface area contributed by atoms with Crippen molar-refractivity contribution in [3.8, 4) is 5.75 Å². The highest BCUT2D eigenvalue weighted by atomic mass is 79.9. The first-order valence-corrected chi connectivity index (χ1v) is 8.02. The average molecular weight is 361 g/mol. The molecule has 108 valence electrons. The SMILES string of the molecule is CCOc1ccc(NS(=O)(=O)c2c(Br)nnn2C)cc1. The van der Waals surface area contributed by atoms with Crippen molar-refractivity contribution in [1.82, 2.24) is 15.0 Å². The fraction of sp³-hybridized carbons (Fsp3) is 0.273. The highest BCUT2D eigenvalue weighted by molar-refractivity contribution is 9.10. The fourth-order valence-electron chi connectivity index (χ4n) is 1.60. The Morgan fingerprint density at radius 1 is 1.35 bits per heavy atom. The zero-order chi connectivity index (χ0) is 14.8. The monoisotopic (exact) mass is 360 g/mol. The minimum Gasteiger partial charge on any atom is -0.494 e. The Morgan fingerprint density at radius 3 is 2.50 bits per heavy atom. The minimum atomic E-state index is -3.76. The third kappa shape index (κ3) is 3.10. The smallest absolute Gasteiger partial charge is 0.281 e. The molecule has 2 rings (SSSR count). The molecule has 0 radical (unpaired) electrons. The van der Waals surface area contributed by atoms with E-state index in [1.165, 1.54) is 11.7 Å². The van der Waals surface area contributed by atoms with Gasteiger partial charge < -0.3 is 4.74 Å². The molecule has 0 aliphatic heterocycles. The maximum absolute atomic E-state index is 12.2. The third-order valence-corrected chi connectivity index (χ3v) is 4.68. The van der Waals surface area contributed by atoms with Crippen LogP contribution in [0.1, 0.15) is 6.92 Å². The van der Waals surface area contributed by atoms with Gasteiger partial charge in [0.05, 0.1) is 6.61 Å². The molecule has 0 saturated carbocycles. The number of sulfonamides is 1. The Hall–Kier alpha value is -1.61. The van der Waals surface area contributed by atoms with Crippen molar-refractivity contribution in [2.45, 2.75) is 11.9 Å². The molecule has 2 aromatic rings. The summed E-state index contributed by atoms with van der Waals surface area (Å²) in [7, 11) is -2.25. The standard InChI is InChI=1S/C11H13BrN4O3S/c1-3-19-9-6-4-8(5-7-9)14-20(17,18)11-10(12)13-15-16(11)2/h4-7,14H,3H2,1-2H3. The summed E-state index contributed by atoms with van der Waals surface area (Å²) in [5.41, 5.74) is 0.432. The van der Waals surface area contributed by atoms with Gasteiger partial charge in [0.15, 0.2) is 4.60 Å². The summed E-state index contributed by atoms with van der Waals surface area (Å²) in [5, 5.41) is 7.26. The third-order valence-electron chi connectivity index (χ3n) is 2.41. The van der Waals surface area contributed by atoms with Crippen LogP contribution in [0.2, 0.25) is 0 Å². The number of halogens is 1. The van der Waals surface area contributed by atoms with Crippen LogP contribution in [-0.4, -0.2) is 30.0 Å². The quantitative estimate of drug-likeness (QED) is 0.877. The Kier molecular flexibility index (Phi) is 4.29. The van der Waals surface area contributed by atoms with Crippen molar-refractivity contribution >= 4 is 31.6 Å². The fourth-order valence-corrected chi connectivity index (χ4v) is 3.75. The van der Waals surface area contributed by atoms with Crippen LogP contribution in [0.5, 0.6) is 5.75 Å². The molecule has 1 aromatic heterocycles. The number of benzene rings is 1. The van der Waals surface area contributed by atoms with Crippen LogP contribution in [0, 0.1) is 0 Å². The number of nitrogens with one attached hydrogen (secondary N) is 1. The molecular weight excluding hydrogens is 348 g/mol. The Morgan fingerprint density at radius 2 is 2.00 bits per heavy atom. The first kappa shape index (κ1) is 14.8. The summed E-state index contributed by atoms with van der Waals surface area (Å²) >= 11 is 3.06. The van der Waals surface area contributed by atoms with Gasteiger partial charge in [-0.1, -0.05) is 5.21 Å². The summed E-state index contributed by atoms with van der Waals surface area (Å²) in [6.45, 7) is 2.43. The molecule has 0 amide bonds. The van der Waals surface area contributed by atoms with Crippen LogP contribution in [0.4, 0.5) is 5.69 Å². The summed E-state index contributed by atoms with van der Waals surface area (Å²) in [4.78, 5) is 0. The van der Waals surface area contributed by atoms with Gasteiger partial charge >= 0.3 is 0 Å². The normalized spacial score (nSPS) is 11.3. The number of aryl methyl sites for hydroxylation is 1. The highest BCUT2D eigenvalue weighted by Crippen LogP contribution is 2.22. The molecule has 0 aliphatic rings. The zero-order valence-electron chi connectivity index (χ0n) is 10.9. The van der Waals surface area contributed by atoms with Crippen LogP contribution >= 0.6 is 15.9 Å². The van der Waals surface area contributed by atoms with Crippen LogP contribution in [0.3, 0.4) is 0 Å². The van der Waals surface area contributed by atoms with Crippen LogP contribution in [0.25, 0.3) is 0 Å². The van der Waals surface area contributed by atoms with E-state index in [9.17, 15) is 8.42 Å². The lowest BCUT2D eigenvalue weighted by atomic mass is 10.3. The van der Waals surface area contributed by atoms with E-state index >= 15 is 0 Å². The molecule has 1 N–H and O–H groups in total. The highest BCUT2D eigenvalue weighted by Gasteiger charge is 2.23. The molecule has 0 bridgehead atoms. The van der Waals surface area contributed by atoms with Crippen LogP contribution < -0.4 is 9.46 Å². The molecule has 9 heteroatoms. The van der Waals surface area contributed by atoms with Gasteiger partial charge in [-0.15, -0.1) is 5.10 Å². The van der Waals surface area contributed by atoms with Crippen LogP contribution in [-0.2, 0) is 17.1 Å². The van der Waals surface area contributed by atoms with E-state index in [4.69, 9.17) is 4.74 Å². The number of nitrogens with zero attached hydrogens (tertiary/aromatic N) is 3. The number of hydrogen-bond acceptors (Lipinski definition) is 5. The second kappa shape index (κ2) is 5.80. The van der Waals surface area contributed by atoms with Gasteiger partial charge in [-0.3, -0.25) is 4.72 Å². The van der Waals surface area contributed by atoms with E-state index in [1.54, 1.807) is 24.3 Å². The largest absolute Gasteiger partial charge is 0.494 e. The first-order valence-electron chi connectivity index (χ1n) is 5.75. The summed E-state index contributed by atoms with van der Waals surface area (Å²) < 4.78 is 33.6. The molecule has 0 unspecified atom stereocenters. The molecule has 7 nitrogen and oxygen atoms in total. The van der Waals surface area contributed by atoms with E-state index in [1.807, 2.05) is 6.92 Å². The van der Waals surface area contributed by atoms with Gasteiger partial charge in [0.1, 0.15) is 5.75 Å². The van der Waals surface area contributed by atoms with Gasteiger partial charge in [0.2, 0.25) is 5.03 Å². The van der Waals surface area contributed by atoms with Gasteiger partial charge in [0.25, 0.3) is 10.0 Å². The Labute approximate surface area is 125 Å². The molecule has 1 aromatic carbocycles. The topological polar surface area (TPSA) is 86.1 Å². The van der Waals surface area contributed by atoms with Gasteiger partial charge in [-0.25, -0.2) is 4.68 Å². The number of rotatable bonds is 5. The summed E-state index contributed by atoms with van der Waals surface area (Å²) in [6, 6.07) is 6.64. The van der Waals surface area contributed by atoms with Gasteiger partial charge in [-0.05, 0) is 47.1 Å². The first-order chi connectivity index (χ1) is 9.44. The zero-order valence-corrected chi connectivity index (χ0v) is 13.3. The predicted molar refractivity (Wildman–Crippen MR) is 77.1 cm³/mol. The van der Waals surface area contributed by atoms with Crippen molar-refractivity contribution < 1.29 is 13.2 Å². The number of anilines is 1. The van der Waals surface area contributed by atoms with Crippen molar-refractivity contribution in [1.29, 1.82) is 0 Å². The number of hydrogen-bond donors (Lipinski definition) is 1. The molecule has 1 heterocycles. The number of ether oxygens (including phenoxy) is 1. The van der Waals surface area contributed by atoms with Gasteiger partial charge in [-0.2, -0.15) is 8.42 Å². The van der Waals surface area contributed by atoms with E-state index in [0.29, 0.717) is 18.0 Å². The average Bonchev–Trinajstić information content (AvgIpc) is 2.72. The molecule has 20 heavy (non-hydrogen) atoms. The molecule has 0 saturated heterocycles. The molecular formula is C11H13BrN4O3S. The maximum atomic E-state index is 12.2. The van der Waals surface area contributed by atoms with Crippen molar-refractivity contribution in [2.24, 2.45) is 7.05 Å². The van der Waals surface area contributed by atoms with Crippen molar-refractivity contribution in [3.63, 3.8) is 0 Å². The lowest BCUT2D eigenvalue weighted by Crippen LogP contribution is -2.17. The second-order valence-electron chi connectivity index (χ2n) is 3.87. The molecule has 0 fully saturated rings. The van der Waals surface area contributed by atoms with E-state index in [0.717, 1.165) is 0 Å². The molecule has 0 spiro atoms. The lowest BCUT2D eigenvalue weighted by molar-refractivity contribution is 0.340. The summed E-state index contributed by atoms with van der Waals surface area (Å²) in [6.07, 6.45) is 0. The van der Waals surface area contributed by atoms with E-state index in [2.05, 4.69) is 31.0 Å². The lowest BCUT2D eigenvalue weighted by Gasteiger charge is -2.09. The second-order valence-corrected chi connectivity index (χ2v) is 6.22. The van der Waals surface area contributed by atoms with Crippen molar-refractivity contribution in [2.75, 3.05) is 11.3 Å². The minimum absolute atomic E-state index is 0.0358. The Balaban J connectivity index is 2.24. The maximum Gasteiger partial charge on any atom is 0.281 e. The van der Waals surface area contributed by atoms with Crippen molar-refractivity contribution in [3.05, 3.63) is 28.9 Å². The molecule has 0 aliphatic carbocycles. The Bertz CT molecular complexity index is 677. The molecule has 0 atom stereocenters. The predicted octanol–water partition coefficient (Wildman–Crippen LogP) is 1.78. The van der Waals surface area contributed by atoms with Gasteiger partial charge in [0, 0.05) is 12.7 Å². The van der Waals surface area contributed by atoms with Crippen LogP contribution in [0.15, 0.2) is 33.9 Å². The number of aromatic nitrogens is 3. The summed E-state index contributed by atoms with van der Waals surface area (Å²) in [5.74, 6) is 0.679. The van der Waals surface area contributed by atoms with E-state index < -0.39 is 10.0 Å². The van der Waals surface area contributed by atoms with E-state index in [-0.39, 0.29) is 9.63 Å².